The Morgan fingerprint density at radius 1 is 1.04 bits per heavy atom. The fourth-order valence-electron chi connectivity index (χ4n) is 4.10. The minimum atomic E-state index is -3.18. The van der Waals surface area contributed by atoms with Gasteiger partial charge < -0.3 is 9.64 Å². The number of hydrogen-bond donors (Lipinski definition) is 0. The number of carbonyl (C=O) groups excluding carboxylic acids is 1. The zero-order valence-electron chi connectivity index (χ0n) is 16.0. The minimum absolute atomic E-state index is 0.000883. The van der Waals surface area contributed by atoms with Crippen LogP contribution in [-0.2, 0) is 16.4 Å². The van der Waals surface area contributed by atoms with Crippen molar-refractivity contribution in [1.82, 2.24) is 4.90 Å². The minimum Gasteiger partial charge on any atom is -0.494 e. The molecule has 4 rings (SSSR count). The number of carbonyl (C=O) groups is 1. The van der Waals surface area contributed by atoms with Gasteiger partial charge in [0.1, 0.15) is 5.75 Å². The second kappa shape index (κ2) is 7.13. The van der Waals surface area contributed by atoms with Gasteiger partial charge in [-0.05, 0) is 49.2 Å². The molecule has 0 radical (unpaired) electrons. The lowest BCUT2D eigenvalue weighted by atomic mass is 10.1. The molecule has 7 heteroatoms. The van der Waals surface area contributed by atoms with E-state index < -0.39 is 9.84 Å². The molecule has 2 aliphatic rings. The Kier molecular flexibility index (Phi) is 4.79. The first-order chi connectivity index (χ1) is 13.4. The van der Waals surface area contributed by atoms with Gasteiger partial charge in [-0.1, -0.05) is 24.3 Å². The Balaban J connectivity index is 1.67. The van der Waals surface area contributed by atoms with Gasteiger partial charge in [0.05, 0.1) is 30.2 Å². The van der Waals surface area contributed by atoms with E-state index in [1.807, 2.05) is 62.4 Å². The van der Waals surface area contributed by atoms with Gasteiger partial charge in [-0.2, -0.15) is 0 Å². The Labute approximate surface area is 165 Å². The van der Waals surface area contributed by atoms with Crippen LogP contribution < -0.4 is 9.64 Å². The summed E-state index contributed by atoms with van der Waals surface area (Å²) in [5, 5.41) is 0. The summed E-state index contributed by atoms with van der Waals surface area (Å²) >= 11 is 0. The van der Waals surface area contributed by atoms with Crippen molar-refractivity contribution < 1.29 is 17.9 Å². The standard InChI is InChI=1S/C21H24N2O4S/c1-3-27-18-10-8-17(9-11-18)23-20-14-28(25,26)13-19(20)22(21(23)24)12-16-7-5-4-6-15(16)2/h4-11,19-20H,3,12-14H2,1-2H3/t19-,20-/m0/s1. The van der Waals surface area contributed by atoms with Gasteiger partial charge in [0.2, 0.25) is 0 Å². The van der Waals surface area contributed by atoms with E-state index in [4.69, 9.17) is 4.74 Å². The van der Waals surface area contributed by atoms with Crippen LogP contribution in [0.5, 0.6) is 5.75 Å². The van der Waals surface area contributed by atoms with Crippen molar-refractivity contribution >= 4 is 21.6 Å². The number of aryl methyl sites for hydroxylation is 1. The van der Waals surface area contributed by atoms with Gasteiger partial charge in [0.25, 0.3) is 0 Å². The predicted octanol–water partition coefficient (Wildman–Crippen LogP) is 3.00. The fourth-order valence-corrected chi connectivity index (χ4v) is 6.05. The number of benzene rings is 2. The van der Waals surface area contributed by atoms with Crippen molar-refractivity contribution in [1.29, 1.82) is 0 Å². The molecule has 0 saturated carbocycles. The topological polar surface area (TPSA) is 66.9 Å². The largest absolute Gasteiger partial charge is 0.494 e. The molecule has 0 bridgehead atoms. The molecule has 2 aliphatic heterocycles. The molecule has 2 heterocycles. The van der Waals surface area contributed by atoms with Crippen LogP contribution in [0.1, 0.15) is 18.1 Å². The highest BCUT2D eigenvalue weighted by atomic mass is 32.2. The molecule has 2 saturated heterocycles. The molecule has 0 aromatic heterocycles. The lowest BCUT2D eigenvalue weighted by Gasteiger charge is -2.23. The number of nitrogens with zero attached hydrogens (tertiary/aromatic N) is 2. The summed E-state index contributed by atoms with van der Waals surface area (Å²) < 4.78 is 30.2. The summed E-state index contributed by atoms with van der Waals surface area (Å²) in [6, 6.07) is 14.3. The average molecular weight is 401 g/mol. The molecule has 2 aromatic rings. The van der Waals surface area contributed by atoms with Gasteiger partial charge in [0.15, 0.2) is 9.84 Å². The average Bonchev–Trinajstić information content (AvgIpc) is 3.08. The molecule has 0 unspecified atom stereocenters. The van der Waals surface area contributed by atoms with Crippen molar-refractivity contribution in [3.05, 3.63) is 59.7 Å². The van der Waals surface area contributed by atoms with Crippen LogP contribution in [0.4, 0.5) is 10.5 Å². The Hall–Kier alpha value is -2.54. The van der Waals surface area contributed by atoms with Crippen LogP contribution in [0.2, 0.25) is 0 Å². The maximum Gasteiger partial charge on any atom is 0.325 e. The maximum absolute atomic E-state index is 13.3. The molecule has 0 aliphatic carbocycles. The fraction of sp³-hybridized carbons (Fsp3) is 0.381. The summed E-state index contributed by atoms with van der Waals surface area (Å²) in [6.07, 6.45) is 0. The van der Waals surface area contributed by atoms with E-state index in [2.05, 4.69) is 0 Å². The van der Waals surface area contributed by atoms with Crippen LogP contribution in [0.25, 0.3) is 0 Å². The van der Waals surface area contributed by atoms with Crippen LogP contribution >= 0.6 is 0 Å². The van der Waals surface area contributed by atoms with Gasteiger partial charge in [-0.3, -0.25) is 4.90 Å². The van der Waals surface area contributed by atoms with Gasteiger partial charge in [-0.25, -0.2) is 13.2 Å². The van der Waals surface area contributed by atoms with E-state index in [1.165, 1.54) is 0 Å². The molecule has 0 spiro atoms. The number of sulfone groups is 1. The summed E-state index contributed by atoms with van der Waals surface area (Å²) in [5.74, 6) is 0.745. The number of urea groups is 1. The monoisotopic (exact) mass is 400 g/mol. The molecule has 2 aromatic carbocycles. The summed E-state index contributed by atoms with van der Waals surface area (Å²) in [5.41, 5.74) is 2.83. The molecule has 2 atom stereocenters. The zero-order chi connectivity index (χ0) is 19.9. The van der Waals surface area contributed by atoms with Crippen LogP contribution in [0.15, 0.2) is 48.5 Å². The first-order valence-electron chi connectivity index (χ1n) is 9.47. The first-order valence-corrected chi connectivity index (χ1v) is 11.3. The van der Waals surface area contributed by atoms with Crippen molar-refractivity contribution in [2.24, 2.45) is 0 Å². The first kappa shape index (κ1) is 18.8. The molecule has 2 fully saturated rings. The van der Waals surface area contributed by atoms with Crippen molar-refractivity contribution in [2.45, 2.75) is 32.5 Å². The highest BCUT2D eigenvalue weighted by Gasteiger charge is 2.53. The highest BCUT2D eigenvalue weighted by molar-refractivity contribution is 7.91. The zero-order valence-corrected chi connectivity index (χ0v) is 16.9. The number of rotatable bonds is 5. The molecule has 6 nitrogen and oxygen atoms in total. The van der Waals surface area contributed by atoms with Gasteiger partial charge in [0, 0.05) is 12.2 Å². The number of hydrogen-bond acceptors (Lipinski definition) is 4. The maximum atomic E-state index is 13.3. The number of amides is 2. The summed E-state index contributed by atoms with van der Waals surface area (Å²) in [6.45, 7) is 4.89. The third kappa shape index (κ3) is 3.35. The van der Waals surface area contributed by atoms with E-state index in [9.17, 15) is 13.2 Å². The third-order valence-corrected chi connectivity index (χ3v) is 7.20. The van der Waals surface area contributed by atoms with Crippen LogP contribution in [-0.4, -0.2) is 49.5 Å². The van der Waals surface area contributed by atoms with Crippen molar-refractivity contribution in [3.63, 3.8) is 0 Å². The van der Waals surface area contributed by atoms with Crippen LogP contribution in [0.3, 0.4) is 0 Å². The summed E-state index contributed by atoms with van der Waals surface area (Å²) in [4.78, 5) is 16.6. The Morgan fingerprint density at radius 3 is 2.39 bits per heavy atom. The third-order valence-electron chi connectivity index (χ3n) is 5.51. The Morgan fingerprint density at radius 2 is 1.71 bits per heavy atom. The Bertz CT molecular complexity index is 988. The second-order valence-corrected chi connectivity index (χ2v) is 9.50. The highest BCUT2D eigenvalue weighted by Crippen LogP contribution is 2.36. The SMILES string of the molecule is CCOc1ccc(N2C(=O)N(Cc3ccccc3C)[C@H]3CS(=O)(=O)C[C@@H]32)cc1. The smallest absolute Gasteiger partial charge is 0.325 e. The van der Waals surface area contributed by atoms with E-state index >= 15 is 0 Å². The second-order valence-electron chi connectivity index (χ2n) is 7.35. The van der Waals surface area contributed by atoms with E-state index in [-0.39, 0.29) is 29.6 Å². The molecular formula is C21H24N2O4S. The molecule has 2 amide bonds. The molecule has 28 heavy (non-hydrogen) atoms. The van der Waals surface area contributed by atoms with Crippen molar-refractivity contribution in [2.75, 3.05) is 23.0 Å². The lowest BCUT2D eigenvalue weighted by Crippen LogP contribution is -2.37. The summed E-state index contributed by atoms with van der Waals surface area (Å²) in [7, 11) is -3.18. The van der Waals surface area contributed by atoms with E-state index in [1.54, 1.807) is 9.80 Å². The molecule has 0 N–H and O–H groups in total. The normalized spacial score (nSPS) is 23.1. The van der Waals surface area contributed by atoms with E-state index in [0.717, 1.165) is 16.9 Å². The van der Waals surface area contributed by atoms with E-state index in [0.29, 0.717) is 18.8 Å². The molecule has 148 valence electrons. The number of anilines is 1. The van der Waals surface area contributed by atoms with Gasteiger partial charge >= 0.3 is 6.03 Å². The predicted molar refractivity (Wildman–Crippen MR) is 108 cm³/mol. The molecular weight excluding hydrogens is 376 g/mol. The van der Waals surface area contributed by atoms with Crippen molar-refractivity contribution in [3.8, 4) is 5.75 Å². The lowest BCUT2D eigenvalue weighted by molar-refractivity contribution is 0.205. The number of ether oxygens (including phenoxy) is 1. The van der Waals surface area contributed by atoms with Gasteiger partial charge in [-0.15, -0.1) is 0 Å². The van der Waals surface area contributed by atoms with Crippen LogP contribution in [0, 0.1) is 6.92 Å². The number of fused-ring (bicyclic) bond motifs is 1. The quantitative estimate of drug-likeness (QED) is 0.724.